The fourth-order valence-electron chi connectivity index (χ4n) is 3.05. The summed E-state index contributed by atoms with van der Waals surface area (Å²) in [5.41, 5.74) is 1.13. The lowest BCUT2D eigenvalue weighted by molar-refractivity contribution is -0.0137. The molecule has 1 aliphatic heterocycles. The van der Waals surface area contributed by atoms with Crippen LogP contribution in [0.15, 0.2) is 36.8 Å². The molecule has 1 aliphatic carbocycles. The molecular formula is C18H23N5O. The Labute approximate surface area is 142 Å². The fraction of sp³-hybridized carbons (Fsp3) is 0.500. The largest absolute Gasteiger partial charge is 0.378 e. The number of ether oxygens (including phenoxy) is 1. The first-order valence-electron chi connectivity index (χ1n) is 8.66. The minimum absolute atomic E-state index is 0.166. The van der Waals surface area contributed by atoms with Gasteiger partial charge in [0.05, 0.1) is 19.3 Å². The number of rotatable bonds is 6. The molecule has 6 nitrogen and oxygen atoms in total. The van der Waals surface area contributed by atoms with E-state index in [4.69, 9.17) is 9.72 Å². The van der Waals surface area contributed by atoms with Crippen LogP contribution in [0.5, 0.6) is 0 Å². The molecule has 4 rings (SSSR count). The minimum atomic E-state index is 0.166. The van der Waals surface area contributed by atoms with Crippen molar-refractivity contribution in [3.05, 3.63) is 48.2 Å². The third kappa shape index (κ3) is 3.88. The molecule has 0 amide bonds. The summed E-state index contributed by atoms with van der Waals surface area (Å²) in [4.78, 5) is 15.9. The molecule has 2 fully saturated rings. The number of nitrogens with one attached hydrogen (secondary N) is 1. The van der Waals surface area contributed by atoms with Crippen molar-refractivity contribution in [1.29, 1.82) is 0 Å². The summed E-state index contributed by atoms with van der Waals surface area (Å²) < 4.78 is 5.69. The molecule has 1 atom stereocenters. The van der Waals surface area contributed by atoms with Crippen LogP contribution in [-0.4, -0.2) is 46.2 Å². The minimum Gasteiger partial charge on any atom is -0.378 e. The fourth-order valence-corrected chi connectivity index (χ4v) is 3.05. The van der Waals surface area contributed by atoms with Crippen molar-refractivity contribution in [3.8, 4) is 0 Å². The molecule has 0 aromatic carbocycles. The highest BCUT2D eigenvalue weighted by atomic mass is 16.5. The van der Waals surface area contributed by atoms with E-state index in [9.17, 15) is 0 Å². The van der Waals surface area contributed by atoms with Crippen LogP contribution in [0.3, 0.4) is 0 Å². The molecule has 0 spiro atoms. The molecule has 2 aromatic heterocycles. The topological polar surface area (TPSA) is 63.2 Å². The van der Waals surface area contributed by atoms with Crippen LogP contribution in [0.4, 0.5) is 5.82 Å². The molecule has 3 heterocycles. The number of pyridine rings is 1. The second-order valence-corrected chi connectivity index (χ2v) is 6.54. The predicted molar refractivity (Wildman–Crippen MR) is 91.5 cm³/mol. The molecule has 126 valence electrons. The third-order valence-corrected chi connectivity index (χ3v) is 4.60. The monoisotopic (exact) mass is 325 g/mol. The summed E-state index contributed by atoms with van der Waals surface area (Å²) in [5, 5.41) is 3.36. The molecule has 1 saturated carbocycles. The van der Waals surface area contributed by atoms with E-state index >= 15 is 0 Å². The first-order valence-corrected chi connectivity index (χ1v) is 8.66. The Morgan fingerprint density at radius 3 is 3.04 bits per heavy atom. The van der Waals surface area contributed by atoms with Crippen molar-refractivity contribution in [1.82, 2.24) is 19.9 Å². The number of anilines is 1. The zero-order chi connectivity index (χ0) is 16.2. The van der Waals surface area contributed by atoms with Gasteiger partial charge in [-0.05, 0) is 36.5 Å². The molecule has 24 heavy (non-hydrogen) atoms. The predicted octanol–water partition coefficient (Wildman–Crippen LogP) is 2.27. The lowest BCUT2D eigenvalue weighted by Gasteiger charge is -2.34. The van der Waals surface area contributed by atoms with Crippen molar-refractivity contribution >= 4 is 5.82 Å². The summed E-state index contributed by atoms with van der Waals surface area (Å²) in [5.74, 6) is 2.56. The van der Waals surface area contributed by atoms with Gasteiger partial charge >= 0.3 is 0 Å². The van der Waals surface area contributed by atoms with E-state index in [2.05, 4.69) is 26.3 Å². The Bertz CT molecular complexity index is 661. The van der Waals surface area contributed by atoms with E-state index in [0.717, 1.165) is 42.8 Å². The van der Waals surface area contributed by atoms with Gasteiger partial charge < -0.3 is 10.1 Å². The highest BCUT2D eigenvalue weighted by Crippen LogP contribution is 2.33. The van der Waals surface area contributed by atoms with Crippen LogP contribution in [0, 0.1) is 5.92 Å². The maximum atomic E-state index is 5.69. The van der Waals surface area contributed by atoms with Crippen molar-refractivity contribution < 1.29 is 4.74 Å². The second kappa shape index (κ2) is 7.23. The first-order chi connectivity index (χ1) is 11.9. The lowest BCUT2D eigenvalue weighted by atomic mass is 10.2. The van der Waals surface area contributed by atoms with Crippen molar-refractivity contribution in [3.63, 3.8) is 0 Å². The smallest absolute Gasteiger partial charge is 0.150 e. The van der Waals surface area contributed by atoms with E-state index in [1.165, 1.54) is 12.8 Å². The molecule has 2 aliphatic rings. The number of aromatic nitrogens is 3. The Morgan fingerprint density at radius 1 is 1.25 bits per heavy atom. The zero-order valence-electron chi connectivity index (χ0n) is 13.8. The third-order valence-electron chi connectivity index (χ3n) is 4.60. The summed E-state index contributed by atoms with van der Waals surface area (Å²) in [6, 6.07) is 6.07. The van der Waals surface area contributed by atoms with Crippen molar-refractivity contribution in [2.75, 3.05) is 31.6 Å². The second-order valence-electron chi connectivity index (χ2n) is 6.54. The van der Waals surface area contributed by atoms with Gasteiger partial charge in [0.15, 0.2) is 0 Å². The highest BCUT2D eigenvalue weighted by Gasteiger charge is 2.32. The van der Waals surface area contributed by atoms with Crippen LogP contribution >= 0.6 is 0 Å². The molecule has 2 aromatic rings. The Morgan fingerprint density at radius 2 is 2.21 bits per heavy atom. The van der Waals surface area contributed by atoms with Gasteiger partial charge in [0.1, 0.15) is 11.6 Å². The van der Waals surface area contributed by atoms with E-state index in [0.29, 0.717) is 13.2 Å². The quantitative estimate of drug-likeness (QED) is 0.879. The van der Waals surface area contributed by atoms with Gasteiger partial charge in [-0.1, -0.05) is 6.07 Å². The van der Waals surface area contributed by atoms with E-state index < -0.39 is 0 Å². The standard InChI is InChI=1S/C18H23N5O/c1-2-15(10-19-6-1)11-21-17-5-7-20-18(22-17)16-13-24-9-8-23(16)12-14-3-4-14/h1-2,5-7,10,14,16H,3-4,8-9,11-13H2,(H,20,21,22)/t16-/m1/s1. The Kier molecular flexibility index (Phi) is 4.66. The maximum absolute atomic E-state index is 5.69. The van der Waals surface area contributed by atoms with Crippen LogP contribution in [-0.2, 0) is 11.3 Å². The average Bonchev–Trinajstić information content (AvgIpc) is 3.46. The van der Waals surface area contributed by atoms with Gasteiger partial charge in [-0.3, -0.25) is 9.88 Å². The molecule has 6 heteroatoms. The molecule has 0 bridgehead atoms. The summed E-state index contributed by atoms with van der Waals surface area (Å²) >= 11 is 0. The molecule has 0 radical (unpaired) electrons. The van der Waals surface area contributed by atoms with Gasteiger partial charge in [-0.25, -0.2) is 9.97 Å². The van der Waals surface area contributed by atoms with E-state index in [-0.39, 0.29) is 6.04 Å². The van der Waals surface area contributed by atoms with Crippen molar-refractivity contribution in [2.24, 2.45) is 5.92 Å². The SMILES string of the molecule is c1cncc(CNc2ccnc([C@H]3COCCN3CC3CC3)n2)c1. The normalized spacial score (nSPS) is 21.6. The van der Waals surface area contributed by atoms with Gasteiger partial charge in [0.25, 0.3) is 0 Å². The van der Waals surface area contributed by atoms with Crippen LogP contribution < -0.4 is 5.32 Å². The van der Waals surface area contributed by atoms with Crippen LogP contribution in [0.25, 0.3) is 0 Å². The van der Waals surface area contributed by atoms with Gasteiger partial charge in [0, 0.05) is 38.2 Å². The number of hydrogen-bond acceptors (Lipinski definition) is 6. The molecule has 1 N–H and O–H groups in total. The van der Waals surface area contributed by atoms with Crippen LogP contribution in [0.1, 0.15) is 30.3 Å². The molecular weight excluding hydrogens is 302 g/mol. The number of nitrogens with zero attached hydrogens (tertiary/aromatic N) is 4. The average molecular weight is 325 g/mol. The van der Waals surface area contributed by atoms with E-state index in [1.807, 2.05) is 24.5 Å². The molecule has 0 unspecified atom stereocenters. The summed E-state index contributed by atoms with van der Waals surface area (Å²) in [6.45, 7) is 4.31. The summed E-state index contributed by atoms with van der Waals surface area (Å²) in [7, 11) is 0. The highest BCUT2D eigenvalue weighted by molar-refractivity contribution is 5.34. The Balaban J connectivity index is 1.44. The number of hydrogen-bond donors (Lipinski definition) is 1. The lowest BCUT2D eigenvalue weighted by Crippen LogP contribution is -2.41. The zero-order valence-corrected chi connectivity index (χ0v) is 13.8. The van der Waals surface area contributed by atoms with Gasteiger partial charge in [-0.2, -0.15) is 0 Å². The van der Waals surface area contributed by atoms with E-state index in [1.54, 1.807) is 6.20 Å². The number of morpholine rings is 1. The van der Waals surface area contributed by atoms with Crippen molar-refractivity contribution in [2.45, 2.75) is 25.4 Å². The molecule has 1 saturated heterocycles. The summed E-state index contributed by atoms with van der Waals surface area (Å²) in [6.07, 6.45) is 8.19. The van der Waals surface area contributed by atoms with Crippen LogP contribution in [0.2, 0.25) is 0 Å². The maximum Gasteiger partial charge on any atom is 0.150 e. The van der Waals surface area contributed by atoms with Gasteiger partial charge in [0.2, 0.25) is 0 Å². The van der Waals surface area contributed by atoms with Gasteiger partial charge in [-0.15, -0.1) is 0 Å². The Hall–Kier alpha value is -2.05. The first kappa shape index (κ1) is 15.5.